The highest BCUT2D eigenvalue weighted by Gasteiger charge is 2.22. The molecule has 9 heteroatoms. The normalized spacial score (nSPS) is 15.8. The van der Waals surface area contributed by atoms with Gasteiger partial charge in [-0.2, -0.15) is 5.10 Å². The Labute approximate surface area is 202 Å². The largest absolute Gasteiger partial charge is 0.490 e. The highest BCUT2D eigenvalue weighted by atomic mass is 35.5. The average Bonchev–Trinajstić information content (AvgIpc) is 3.36. The van der Waals surface area contributed by atoms with Gasteiger partial charge in [-0.3, -0.25) is 9.89 Å². The minimum absolute atomic E-state index is 0.0973. The summed E-state index contributed by atoms with van der Waals surface area (Å²) in [5, 5.41) is 21.0. The summed E-state index contributed by atoms with van der Waals surface area (Å²) in [7, 11) is 0. The van der Waals surface area contributed by atoms with Crippen LogP contribution in [0.4, 0.5) is 0 Å². The third-order valence-corrected chi connectivity index (χ3v) is 6.39. The summed E-state index contributed by atoms with van der Waals surface area (Å²) in [6.45, 7) is 2.32. The van der Waals surface area contributed by atoms with Crippen molar-refractivity contribution in [3.8, 4) is 17.0 Å². The molecule has 7 nitrogen and oxygen atoms in total. The number of aromatic nitrogens is 2. The van der Waals surface area contributed by atoms with Crippen LogP contribution in [-0.4, -0.2) is 64.5 Å². The number of nitrogens with zero attached hydrogens (tertiary/aromatic N) is 2. The molecule has 1 aliphatic rings. The van der Waals surface area contributed by atoms with E-state index < -0.39 is 6.10 Å². The minimum Gasteiger partial charge on any atom is -0.490 e. The number of piperidine rings is 1. The number of halogens is 2. The zero-order chi connectivity index (χ0) is 23.2. The molecular weight excluding hydrogens is 463 g/mol. The van der Waals surface area contributed by atoms with E-state index in [4.69, 9.17) is 27.9 Å². The van der Waals surface area contributed by atoms with Crippen molar-refractivity contribution < 1.29 is 14.6 Å². The van der Waals surface area contributed by atoms with Crippen LogP contribution in [0.5, 0.6) is 5.75 Å². The molecule has 1 amide bonds. The summed E-state index contributed by atoms with van der Waals surface area (Å²) >= 11 is 12.0. The number of ether oxygens (including phenoxy) is 1. The molecule has 0 bridgehead atoms. The second-order valence-electron chi connectivity index (χ2n) is 8.11. The Hall–Kier alpha value is -2.58. The van der Waals surface area contributed by atoms with Crippen molar-refractivity contribution in [2.75, 3.05) is 26.2 Å². The van der Waals surface area contributed by atoms with E-state index in [-0.39, 0.29) is 18.6 Å². The SMILES string of the molecule is O=C(NCC(O)CN1CCC(Oc2ccc(Cl)c(Cl)c2)CC1)c1ccc(-c2ccn[nH]2)cc1. The first-order valence-corrected chi connectivity index (χ1v) is 11.6. The standard InChI is InChI=1S/C24H26Cl2N4O3/c25-21-6-5-20(13-22(21)26)33-19-8-11-30(12-9-19)15-18(31)14-27-24(32)17-3-1-16(2-4-17)23-7-10-28-29-23/h1-7,10,13,18-19,31H,8-9,11-12,14-15H2,(H,27,32)(H,28,29). The molecule has 0 spiro atoms. The molecule has 0 saturated carbocycles. The second kappa shape index (κ2) is 11.0. The van der Waals surface area contributed by atoms with E-state index in [0.717, 1.165) is 37.2 Å². The Bertz CT molecular complexity index is 1050. The number of carbonyl (C=O) groups excluding carboxylic acids is 1. The number of hydrogen-bond donors (Lipinski definition) is 3. The molecule has 174 valence electrons. The van der Waals surface area contributed by atoms with Gasteiger partial charge < -0.3 is 20.1 Å². The molecule has 1 aromatic heterocycles. The minimum atomic E-state index is -0.647. The van der Waals surface area contributed by atoms with Gasteiger partial charge in [0.2, 0.25) is 0 Å². The maximum absolute atomic E-state index is 12.4. The van der Waals surface area contributed by atoms with Gasteiger partial charge >= 0.3 is 0 Å². The van der Waals surface area contributed by atoms with E-state index in [0.29, 0.717) is 27.9 Å². The third kappa shape index (κ3) is 6.48. The lowest BCUT2D eigenvalue weighted by atomic mass is 10.1. The van der Waals surface area contributed by atoms with Gasteiger partial charge in [-0.25, -0.2) is 0 Å². The maximum atomic E-state index is 12.4. The van der Waals surface area contributed by atoms with E-state index in [1.165, 1.54) is 0 Å². The molecule has 3 N–H and O–H groups in total. The number of aromatic amines is 1. The number of hydrogen-bond acceptors (Lipinski definition) is 5. The van der Waals surface area contributed by atoms with Crippen LogP contribution in [0.2, 0.25) is 10.0 Å². The van der Waals surface area contributed by atoms with Gasteiger partial charge in [0.1, 0.15) is 11.9 Å². The van der Waals surface area contributed by atoms with E-state index >= 15 is 0 Å². The number of β-amino-alcohol motifs (C(OH)–C–C–N with tert-alkyl or cyclic N) is 1. The van der Waals surface area contributed by atoms with Crippen molar-refractivity contribution in [1.29, 1.82) is 0 Å². The summed E-state index contributed by atoms with van der Waals surface area (Å²) in [6.07, 6.45) is 2.83. The molecule has 0 aliphatic carbocycles. The van der Waals surface area contributed by atoms with Crippen molar-refractivity contribution in [3.63, 3.8) is 0 Å². The Morgan fingerprint density at radius 2 is 1.91 bits per heavy atom. The lowest BCUT2D eigenvalue weighted by Crippen LogP contribution is -2.45. The smallest absolute Gasteiger partial charge is 0.251 e. The van der Waals surface area contributed by atoms with Crippen molar-refractivity contribution in [2.24, 2.45) is 0 Å². The molecular formula is C24H26Cl2N4O3. The predicted molar refractivity (Wildman–Crippen MR) is 129 cm³/mol. The molecule has 1 saturated heterocycles. The fourth-order valence-electron chi connectivity index (χ4n) is 3.85. The Kier molecular flexibility index (Phi) is 7.88. The first-order valence-electron chi connectivity index (χ1n) is 10.9. The highest BCUT2D eigenvalue weighted by molar-refractivity contribution is 6.42. The first-order chi connectivity index (χ1) is 16.0. The molecule has 3 aromatic rings. The molecule has 2 aromatic carbocycles. The van der Waals surface area contributed by atoms with Crippen molar-refractivity contribution in [2.45, 2.75) is 25.0 Å². The monoisotopic (exact) mass is 488 g/mol. The van der Waals surface area contributed by atoms with Crippen LogP contribution in [0.3, 0.4) is 0 Å². The number of rotatable bonds is 8. The molecule has 4 rings (SSSR count). The van der Waals surface area contributed by atoms with Gasteiger partial charge in [0, 0.05) is 44.0 Å². The van der Waals surface area contributed by atoms with Gasteiger partial charge in [0.05, 0.1) is 21.8 Å². The fraction of sp³-hybridized carbons (Fsp3) is 0.333. The summed E-state index contributed by atoms with van der Waals surface area (Å²) in [6, 6.07) is 14.4. The number of aliphatic hydroxyl groups excluding tert-OH is 1. The Morgan fingerprint density at radius 3 is 2.58 bits per heavy atom. The predicted octanol–water partition coefficient (Wildman–Crippen LogP) is 4.02. The fourth-order valence-corrected chi connectivity index (χ4v) is 4.13. The van der Waals surface area contributed by atoms with Crippen LogP contribution in [0.1, 0.15) is 23.2 Å². The molecule has 2 heterocycles. The maximum Gasteiger partial charge on any atom is 0.251 e. The van der Waals surface area contributed by atoms with Gasteiger partial charge in [-0.15, -0.1) is 0 Å². The van der Waals surface area contributed by atoms with Crippen molar-refractivity contribution in [3.05, 3.63) is 70.3 Å². The van der Waals surface area contributed by atoms with E-state index in [1.807, 2.05) is 24.3 Å². The number of H-pyrrole nitrogens is 1. The molecule has 33 heavy (non-hydrogen) atoms. The number of carbonyl (C=O) groups is 1. The third-order valence-electron chi connectivity index (χ3n) is 5.65. The van der Waals surface area contributed by atoms with Crippen LogP contribution in [0.15, 0.2) is 54.7 Å². The van der Waals surface area contributed by atoms with Crippen LogP contribution >= 0.6 is 23.2 Å². The quantitative estimate of drug-likeness (QED) is 0.445. The number of aliphatic hydroxyl groups is 1. The number of likely N-dealkylation sites (tertiary alicyclic amines) is 1. The molecule has 1 unspecified atom stereocenters. The summed E-state index contributed by atoms with van der Waals surface area (Å²) in [5.41, 5.74) is 2.39. The molecule has 1 fully saturated rings. The number of amides is 1. The Balaban J connectivity index is 1.17. The molecule has 0 radical (unpaired) electrons. The number of nitrogens with one attached hydrogen (secondary N) is 2. The zero-order valence-corrected chi connectivity index (χ0v) is 19.5. The molecule has 1 atom stereocenters. The van der Waals surface area contributed by atoms with E-state index in [9.17, 15) is 9.90 Å². The highest BCUT2D eigenvalue weighted by Crippen LogP contribution is 2.28. The van der Waals surface area contributed by atoms with Crippen molar-refractivity contribution >= 4 is 29.1 Å². The van der Waals surface area contributed by atoms with Crippen molar-refractivity contribution in [1.82, 2.24) is 20.4 Å². The van der Waals surface area contributed by atoms with Gasteiger partial charge in [0.25, 0.3) is 5.91 Å². The second-order valence-corrected chi connectivity index (χ2v) is 8.92. The lowest BCUT2D eigenvalue weighted by molar-refractivity contribution is 0.0594. The van der Waals surface area contributed by atoms with Gasteiger partial charge in [-0.1, -0.05) is 35.3 Å². The summed E-state index contributed by atoms with van der Waals surface area (Å²) < 4.78 is 6.01. The average molecular weight is 489 g/mol. The van der Waals surface area contributed by atoms with Gasteiger partial charge in [0.15, 0.2) is 0 Å². The van der Waals surface area contributed by atoms with Crippen LogP contribution in [0, 0.1) is 0 Å². The number of benzene rings is 2. The molecule has 1 aliphatic heterocycles. The van der Waals surface area contributed by atoms with E-state index in [2.05, 4.69) is 20.4 Å². The zero-order valence-electron chi connectivity index (χ0n) is 18.0. The lowest BCUT2D eigenvalue weighted by Gasteiger charge is -2.33. The Morgan fingerprint density at radius 1 is 1.15 bits per heavy atom. The van der Waals surface area contributed by atoms with E-state index in [1.54, 1.807) is 30.5 Å². The van der Waals surface area contributed by atoms with Crippen LogP contribution in [0.25, 0.3) is 11.3 Å². The topological polar surface area (TPSA) is 90.5 Å². The first kappa shape index (κ1) is 23.6. The summed E-state index contributed by atoms with van der Waals surface area (Å²) in [5.74, 6) is 0.502. The van der Waals surface area contributed by atoms with Gasteiger partial charge in [-0.05, 0) is 48.7 Å². The summed E-state index contributed by atoms with van der Waals surface area (Å²) in [4.78, 5) is 14.6. The van der Waals surface area contributed by atoms with Crippen LogP contribution in [-0.2, 0) is 0 Å². The van der Waals surface area contributed by atoms with Crippen LogP contribution < -0.4 is 10.1 Å².